The number of thiazole rings is 1. The van der Waals surface area contributed by atoms with E-state index in [1.54, 1.807) is 6.92 Å². The number of carbonyl (C=O) groups is 3. The zero-order valence-corrected chi connectivity index (χ0v) is 17.1. The first kappa shape index (κ1) is 19.5. The Bertz CT molecular complexity index is 953. The van der Waals surface area contributed by atoms with Gasteiger partial charge in [0.05, 0.1) is 17.5 Å². The molecular weight excluding hydrogens is 388 g/mol. The maximum absolute atomic E-state index is 12.6. The Kier molecular flexibility index (Phi) is 5.32. The van der Waals surface area contributed by atoms with Crippen molar-refractivity contribution in [1.29, 1.82) is 0 Å². The van der Waals surface area contributed by atoms with Crippen molar-refractivity contribution in [1.82, 2.24) is 9.88 Å². The van der Waals surface area contributed by atoms with E-state index < -0.39 is 12.0 Å². The number of aryl methyl sites for hydroxylation is 1. The molecule has 2 amide bonds. The molecule has 2 heterocycles. The molecule has 0 unspecified atom stereocenters. The molecule has 29 heavy (non-hydrogen) atoms. The van der Waals surface area contributed by atoms with E-state index in [1.165, 1.54) is 16.9 Å². The van der Waals surface area contributed by atoms with E-state index in [9.17, 15) is 14.4 Å². The van der Waals surface area contributed by atoms with E-state index in [-0.39, 0.29) is 30.3 Å². The van der Waals surface area contributed by atoms with E-state index in [1.807, 2.05) is 48.7 Å². The maximum Gasteiger partial charge on any atom is 0.329 e. The Hall–Kier alpha value is -2.80. The first-order valence-corrected chi connectivity index (χ1v) is 10.5. The number of likely N-dealkylation sites (tertiary alicyclic amines) is 1. The Labute approximate surface area is 173 Å². The third-order valence-electron chi connectivity index (χ3n) is 5.48. The monoisotopic (exact) mass is 410 g/mol. The normalized spacial score (nSPS) is 21.9. The van der Waals surface area contributed by atoms with Gasteiger partial charge in [0.1, 0.15) is 17.7 Å². The average molecular weight is 410 g/mol. The summed E-state index contributed by atoms with van der Waals surface area (Å²) in [5, 5.41) is 2.70. The zero-order valence-electron chi connectivity index (χ0n) is 16.3. The predicted molar refractivity (Wildman–Crippen MR) is 109 cm³/mol. The molecule has 0 N–H and O–H groups in total. The SMILES string of the molecule is Cc1ccc(-c2nc(COC(=O)[C@H](C)N3C(=O)[C@@H]4CC=CC[C@H]4C3=O)cs2)cc1. The first-order chi connectivity index (χ1) is 14.0. The first-order valence-electron chi connectivity index (χ1n) is 9.65. The zero-order chi connectivity index (χ0) is 20.5. The number of hydrogen-bond acceptors (Lipinski definition) is 6. The molecule has 0 radical (unpaired) electrons. The number of nitrogens with zero attached hydrogens (tertiary/aromatic N) is 2. The van der Waals surface area contributed by atoms with Crippen LogP contribution in [0.4, 0.5) is 0 Å². The molecule has 7 heteroatoms. The van der Waals surface area contributed by atoms with Crippen molar-refractivity contribution in [2.45, 2.75) is 39.3 Å². The van der Waals surface area contributed by atoms with Crippen LogP contribution in [0.3, 0.4) is 0 Å². The van der Waals surface area contributed by atoms with Crippen LogP contribution >= 0.6 is 11.3 Å². The fourth-order valence-corrected chi connectivity index (χ4v) is 4.59. The average Bonchev–Trinajstić information content (AvgIpc) is 3.30. The van der Waals surface area contributed by atoms with Gasteiger partial charge in [-0.2, -0.15) is 0 Å². The van der Waals surface area contributed by atoms with Gasteiger partial charge >= 0.3 is 5.97 Å². The van der Waals surface area contributed by atoms with Crippen molar-refractivity contribution < 1.29 is 19.1 Å². The van der Waals surface area contributed by atoms with Gasteiger partial charge < -0.3 is 4.74 Å². The summed E-state index contributed by atoms with van der Waals surface area (Å²) in [6.07, 6.45) is 4.95. The summed E-state index contributed by atoms with van der Waals surface area (Å²) < 4.78 is 5.36. The van der Waals surface area contributed by atoms with E-state index in [2.05, 4.69) is 4.98 Å². The second kappa shape index (κ2) is 7.91. The molecule has 0 bridgehead atoms. The summed E-state index contributed by atoms with van der Waals surface area (Å²) in [6.45, 7) is 3.58. The minimum atomic E-state index is -0.934. The summed E-state index contributed by atoms with van der Waals surface area (Å²) >= 11 is 1.48. The van der Waals surface area contributed by atoms with Gasteiger partial charge in [0.2, 0.25) is 11.8 Å². The number of rotatable bonds is 5. The molecule has 1 aromatic heterocycles. The van der Waals surface area contributed by atoms with Crippen LogP contribution in [0.2, 0.25) is 0 Å². The second-order valence-corrected chi connectivity index (χ2v) is 8.35. The number of carbonyl (C=O) groups excluding carboxylic acids is 3. The van der Waals surface area contributed by atoms with Gasteiger partial charge in [-0.05, 0) is 26.7 Å². The van der Waals surface area contributed by atoms with Gasteiger partial charge in [-0.15, -0.1) is 11.3 Å². The molecule has 3 atom stereocenters. The summed E-state index contributed by atoms with van der Waals surface area (Å²) in [4.78, 5) is 43.3. The lowest BCUT2D eigenvalue weighted by atomic mass is 9.85. The van der Waals surface area contributed by atoms with Gasteiger partial charge in [0.15, 0.2) is 0 Å². The third-order valence-corrected chi connectivity index (χ3v) is 6.42. The third kappa shape index (κ3) is 3.74. The number of allylic oxidation sites excluding steroid dienone is 2. The maximum atomic E-state index is 12.6. The number of fused-ring (bicyclic) bond motifs is 1. The lowest BCUT2D eigenvalue weighted by Gasteiger charge is -2.21. The van der Waals surface area contributed by atoms with Crippen molar-refractivity contribution in [3.05, 3.63) is 53.1 Å². The van der Waals surface area contributed by atoms with Crippen LogP contribution in [0.5, 0.6) is 0 Å². The number of amides is 2. The van der Waals surface area contributed by atoms with Gasteiger partial charge in [-0.25, -0.2) is 9.78 Å². The summed E-state index contributed by atoms with van der Waals surface area (Å²) in [5.41, 5.74) is 2.83. The van der Waals surface area contributed by atoms with Gasteiger partial charge in [-0.1, -0.05) is 42.0 Å². The largest absolute Gasteiger partial charge is 0.458 e. The molecule has 2 aromatic rings. The highest BCUT2D eigenvalue weighted by Gasteiger charge is 2.50. The Morgan fingerprint density at radius 2 is 1.79 bits per heavy atom. The molecule has 0 spiro atoms. The fraction of sp³-hybridized carbons (Fsp3) is 0.364. The highest BCUT2D eigenvalue weighted by atomic mass is 32.1. The van der Waals surface area contributed by atoms with Crippen LogP contribution in [0.1, 0.15) is 31.0 Å². The van der Waals surface area contributed by atoms with Gasteiger partial charge in [0.25, 0.3) is 0 Å². The highest BCUT2D eigenvalue weighted by Crippen LogP contribution is 2.36. The molecule has 150 valence electrons. The minimum Gasteiger partial charge on any atom is -0.458 e. The van der Waals surface area contributed by atoms with Crippen LogP contribution in [0.25, 0.3) is 10.6 Å². The second-order valence-electron chi connectivity index (χ2n) is 7.50. The van der Waals surface area contributed by atoms with Crippen molar-refractivity contribution in [3.8, 4) is 10.6 Å². The number of benzene rings is 1. The molecule has 0 saturated carbocycles. The Morgan fingerprint density at radius 1 is 1.17 bits per heavy atom. The molecule has 4 rings (SSSR count). The number of hydrogen-bond donors (Lipinski definition) is 0. The standard InChI is InChI=1S/C22H22N2O4S/c1-13-7-9-15(10-8-13)19-23-16(12-29-19)11-28-22(27)14(2)24-20(25)17-5-3-4-6-18(17)21(24)26/h3-4,7-10,12,14,17-18H,5-6,11H2,1-2H3/t14-,17+,18+/m0/s1. The molecule has 6 nitrogen and oxygen atoms in total. The highest BCUT2D eigenvalue weighted by molar-refractivity contribution is 7.13. The van der Waals surface area contributed by atoms with Crippen LogP contribution in [-0.4, -0.2) is 33.7 Å². The van der Waals surface area contributed by atoms with Crippen molar-refractivity contribution >= 4 is 29.1 Å². The minimum absolute atomic E-state index is 0.0101. The van der Waals surface area contributed by atoms with Crippen molar-refractivity contribution in [2.75, 3.05) is 0 Å². The lowest BCUT2D eigenvalue weighted by Crippen LogP contribution is -2.44. The number of esters is 1. The van der Waals surface area contributed by atoms with E-state index in [4.69, 9.17) is 4.74 Å². The van der Waals surface area contributed by atoms with E-state index >= 15 is 0 Å². The van der Waals surface area contributed by atoms with Crippen molar-refractivity contribution in [2.24, 2.45) is 11.8 Å². The van der Waals surface area contributed by atoms with Crippen LogP contribution in [0, 0.1) is 18.8 Å². The number of imide groups is 1. The molecule has 1 fully saturated rings. The number of aromatic nitrogens is 1. The van der Waals surface area contributed by atoms with E-state index in [0.717, 1.165) is 15.5 Å². The van der Waals surface area contributed by atoms with Crippen LogP contribution in [0.15, 0.2) is 41.8 Å². The molecular formula is C22H22N2O4S. The molecule has 1 saturated heterocycles. The molecule has 1 aromatic carbocycles. The fourth-order valence-electron chi connectivity index (χ4n) is 3.78. The Morgan fingerprint density at radius 3 is 2.41 bits per heavy atom. The smallest absolute Gasteiger partial charge is 0.329 e. The quantitative estimate of drug-likeness (QED) is 0.428. The van der Waals surface area contributed by atoms with Crippen LogP contribution < -0.4 is 0 Å². The van der Waals surface area contributed by atoms with Crippen LogP contribution in [-0.2, 0) is 25.7 Å². The molecule has 1 aliphatic carbocycles. The van der Waals surface area contributed by atoms with Gasteiger partial charge in [0, 0.05) is 10.9 Å². The lowest BCUT2D eigenvalue weighted by molar-refractivity contribution is -0.159. The predicted octanol–water partition coefficient (Wildman–Crippen LogP) is 3.50. The van der Waals surface area contributed by atoms with Crippen molar-refractivity contribution in [3.63, 3.8) is 0 Å². The topological polar surface area (TPSA) is 76.6 Å². The van der Waals surface area contributed by atoms with Gasteiger partial charge in [-0.3, -0.25) is 14.5 Å². The summed E-state index contributed by atoms with van der Waals surface area (Å²) in [6, 6.07) is 7.12. The Balaban J connectivity index is 1.38. The number of ether oxygens (including phenoxy) is 1. The van der Waals surface area contributed by atoms with E-state index in [0.29, 0.717) is 18.5 Å². The molecule has 1 aliphatic heterocycles. The molecule has 2 aliphatic rings. The summed E-state index contributed by atoms with van der Waals surface area (Å²) in [5.74, 6) is -1.84. The summed E-state index contributed by atoms with van der Waals surface area (Å²) in [7, 11) is 0.